The van der Waals surface area contributed by atoms with Gasteiger partial charge in [0.05, 0.1) is 0 Å². The molecule has 2 amide bonds. The number of rotatable bonds is 7. The molecule has 0 bridgehead atoms. The van der Waals surface area contributed by atoms with E-state index in [1.54, 1.807) is 6.07 Å². The smallest absolute Gasteiger partial charge is 0.255 e. The second-order valence-electron chi connectivity index (χ2n) is 8.27. The highest BCUT2D eigenvalue weighted by Crippen LogP contribution is 2.30. The van der Waals surface area contributed by atoms with E-state index in [-0.39, 0.29) is 17.7 Å². The lowest BCUT2D eigenvalue weighted by molar-refractivity contribution is -0.117. The zero-order valence-electron chi connectivity index (χ0n) is 18.7. The quantitative estimate of drug-likeness (QED) is 0.267. The fraction of sp³-hybridized carbons (Fsp3) is 0.148. The number of amides is 2. The topological polar surface area (TPSA) is 95.6 Å². The Hall–Kier alpha value is -4.39. The summed E-state index contributed by atoms with van der Waals surface area (Å²) in [5, 5.41) is 11.1. The van der Waals surface area contributed by atoms with Crippen LogP contribution in [-0.2, 0) is 9.63 Å². The Bertz CT molecular complexity index is 1370. The van der Waals surface area contributed by atoms with E-state index in [2.05, 4.69) is 20.8 Å². The maximum absolute atomic E-state index is 12.7. The van der Waals surface area contributed by atoms with Gasteiger partial charge in [0.15, 0.2) is 0 Å². The van der Waals surface area contributed by atoms with Crippen LogP contribution in [0.4, 0.5) is 11.4 Å². The van der Waals surface area contributed by atoms with E-state index in [0.29, 0.717) is 17.0 Å². The molecule has 3 aromatic carbocycles. The fourth-order valence-corrected chi connectivity index (χ4v) is 3.77. The normalized spacial score (nSPS) is 13.5. The second-order valence-corrected chi connectivity index (χ2v) is 8.27. The number of hydrogen-bond acceptors (Lipinski definition) is 4. The molecule has 1 aromatic heterocycles. The summed E-state index contributed by atoms with van der Waals surface area (Å²) in [6.45, 7) is 0. The number of benzene rings is 3. The Balaban J connectivity index is 1.29. The minimum Gasteiger partial charge on any atom is -0.399 e. The molecular weight excluding hydrogens is 428 g/mol. The van der Waals surface area contributed by atoms with E-state index in [1.807, 2.05) is 72.9 Å². The van der Waals surface area contributed by atoms with E-state index in [1.165, 1.54) is 7.11 Å². The molecular formula is C27H24N4O3. The number of oxime groups is 1. The van der Waals surface area contributed by atoms with Crippen LogP contribution in [0.2, 0.25) is 0 Å². The molecule has 170 valence electrons. The lowest BCUT2D eigenvalue weighted by atomic mass is 10.0. The molecule has 0 radical (unpaired) electrons. The summed E-state index contributed by atoms with van der Waals surface area (Å²) in [5.41, 5.74) is 5.35. The minimum absolute atomic E-state index is 0.0733. The van der Waals surface area contributed by atoms with E-state index < -0.39 is 0 Å². The van der Waals surface area contributed by atoms with Crippen molar-refractivity contribution >= 4 is 39.8 Å². The van der Waals surface area contributed by atoms with E-state index >= 15 is 0 Å². The van der Waals surface area contributed by atoms with Gasteiger partial charge in [-0.1, -0.05) is 29.4 Å². The summed E-state index contributed by atoms with van der Waals surface area (Å²) < 4.78 is 0. The van der Waals surface area contributed by atoms with Crippen LogP contribution in [0, 0.1) is 5.92 Å². The maximum atomic E-state index is 12.7. The van der Waals surface area contributed by atoms with Gasteiger partial charge in [-0.3, -0.25) is 9.59 Å². The third kappa shape index (κ3) is 4.68. The molecule has 0 atom stereocenters. The summed E-state index contributed by atoms with van der Waals surface area (Å²) in [6.07, 6.45) is 3.78. The molecule has 0 saturated heterocycles. The minimum atomic E-state index is -0.175. The van der Waals surface area contributed by atoms with Gasteiger partial charge in [-0.15, -0.1) is 0 Å². The average molecular weight is 453 g/mol. The van der Waals surface area contributed by atoms with Gasteiger partial charge in [-0.05, 0) is 61.4 Å². The van der Waals surface area contributed by atoms with Crippen LogP contribution in [0.15, 0.2) is 84.1 Å². The van der Waals surface area contributed by atoms with Gasteiger partial charge in [0, 0.05) is 51.1 Å². The average Bonchev–Trinajstić information content (AvgIpc) is 3.61. The maximum Gasteiger partial charge on any atom is 0.255 e. The molecule has 1 saturated carbocycles. The van der Waals surface area contributed by atoms with E-state index in [4.69, 9.17) is 4.84 Å². The Labute approximate surface area is 196 Å². The number of fused-ring (bicyclic) bond motifs is 1. The van der Waals surface area contributed by atoms with Crippen LogP contribution in [0.1, 0.15) is 34.3 Å². The van der Waals surface area contributed by atoms with Crippen LogP contribution in [0.5, 0.6) is 0 Å². The zero-order valence-corrected chi connectivity index (χ0v) is 18.7. The van der Waals surface area contributed by atoms with Crippen molar-refractivity contribution in [1.29, 1.82) is 0 Å². The number of hydrogen-bond donors (Lipinski definition) is 3. The molecule has 0 aliphatic heterocycles. The number of aromatic nitrogens is 1. The Morgan fingerprint density at radius 3 is 2.09 bits per heavy atom. The first kappa shape index (κ1) is 21.5. The van der Waals surface area contributed by atoms with Crippen LogP contribution >= 0.6 is 0 Å². The molecule has 7 heteroatoms. The summed E-state index contributed by atoms with van der Waals surface area (Å²) in [5.74, 6) is 0.0514. The fourth-order valence-electron chi connectivity index (χ4n) is 3.77. The highest BCUT2D eigenvalue weighted by atomic mass is 16.6. The molecule has 3 N–H and O–H groups in total. The summed E-state index contributed by atoms with van der Waals surface area (Å²) >= 11 is 0. The van der Waals surface area contributed by atoms with Crippen molar-refractivity contribution in [1.82, 2.24) is 4.98 Å². The van der Waals surface area contributed by atoms with Gasteiger partial charge in [-0.25, -0.2) is 0 Å². The number of carbonyl (C=O) groups is 2. The van der Waals surface area contributed by atoms with Gasteiger partial charge in [0.25, 0.3) is 5.91 Å². The predicted molar refractivity (Wildman–Crippen MR) is 133 cm³/mol. The predicted octanol–water partition coefficient (Wildman–Crippen LogP) is 5.17. The molecule has 5 rings (SSSR count). The van der Waals surface area contributed by atoms with Gasteiger partial charge in [0.1, 0.15) is 12.8 Å². The number of H-pyrrole nitrogens is 1. The molecule has 1 aliphatic rings. The molecule has 4 aromatic rings. The molecule has 1 fully saturated rings. The molecule has 1 aliphatic carbocycles. The Morgan fingerprint density at radius 1 is 0.853 bits per heavy atom. The van der Waals surface area contributed by atoms with Gasteiger partial charge < -0.3 is 20.5 Å². The molecule has 7 nitrogen and oxygen atoms in total. The number of aromatic amines is 1. The number of anilines is 2. The van der Waals surface area contributed by atoms with Gasteiger partial charge in [-0.2, -0.15) is 0 Å². The van der Waals surface area contributed by atoms with Crippen molar-refractivity contribution in [3.63, 3.8) is 0 Å². The lowest BCUT2D eigenvalue weighted by Crippen LogP contribution is -2.13. The van der Waals surface area contributed by atoms with Crippen molar-refractivity contribution in [3.05, 3.63) is 95.7 Å². The van der Waals surface area contributed by atoms with Crippen LogP contribution in [0.25, 0.3) is 10.9 Å². The monoisotopic (exact) mass is 452 g/mol. The molecule has 0 spiro atoms. The van der Waals surface area contributed by atoms with Crippen molar-refractivity contribution in [2.24, 2.45) is 11.1 Å². The van der Waals surface area contributed by atoms with Crippen LogP contribution in [-0.4, -0.2) is 29.6 Å². The first-order chi connectivity index (χ1) is 16.6. The first-order valence-corrected chi connectivity index (χ1v) is 11.1. The van der Waals surface area contributed by atoms with E-state index in [9.17, 15) is 9.59 Å². The van der Waals surface area contributed by atoms with Gasteiger partial charge in [0.2, 0.25) is 5.91 Å². The van der Waals surface area contributed by atoms with Crippen molar-refractivity contribution in [3.8, 4) is 0 Å². The number of nitrogens with one attached hydrogen (secondary N) is 3. The summed E-state index contributed by atoms with van der Waals surface area (Å²) in [6, 6.07) is 22.4. The largest absolute Gasteiger partial charge is 0.399 e. The van der Waals surface area contributed by atoms with E-state index in [0.717, 1.165) is 40.6 Å². The zero-order chi connectivity index (χ0) is 23.5. The third-order valence-corrected chi connectivity index (χ3v) is 5.79. The molecule has 34 heavy (non-hydrogen) atoms. The highest BCUT2D eigenvalue weighted by Gasteiger charge is 2.29. The number of nitrogens with zero attached hydrogens (tertiary/aromatic N) is 1. The van der Waals surface area contributed by atoms with Gasteiger partial charge >= 0.3 is 0 Å². The van der Waals surface area contributed by atoms with Crippen LogP contribution in [0.3, 0.4) is 0 Å². The molecule has 0 unspecified atom stereocenters. The van der Waals surface area contributed by atoms with Crippen molar-refractivity contribution in [2.75, 3.05) is 17.7 Å². The third-order valence-electron chi connectivity index (χ3n) is 5.79. The van der Waals surface area contributed by atoms with Crippen molar-refractivity contribution < 1.29 is 14.4 Å². The standard InChI is InChI=1S/C27H24N4O3/c1-34-31-25(17-4-9-22(10-5-17)29-26(32)19-2-3-19)18-6-11-23(12-7-18)30-27(33)21-8-13-24-20(16-21)14-15-28-24/h4-16,19,28H,2-3H2,1H3,(H,29,32)(H,30,33). The first-order valence-electron chi connectivity index (χ1n) is 11.1. The summed E-state index contributed by atoms with van der Waals surface area (Å²) in [7, 11) is 1.50. The SMILES string of the molecule is CON=C(c1ccc(NC(=O)c2ccc3[nH]ccc3c2)cc1)c1ccc(NC(=O)C2CC2)cc1. The van der Waals surface area contributed by atoms with Crippen LogP contribution < -0.4 is 10.6 Å². The number of carbonyl (C=O) groups excluding carboxylic acids is 2. The lowest BCUT2D eigenvalue weighted by Gasteiger charge is -2.10. The highest BCUT2D eigenvalue weighted by molar-refractivity contribution is 6.13. The molecule has 1 heterocycles. The Kier molecular flexibility index (Phi) is 5.82. The second kappa shape index (κ2) is 9.23. The summed E-state index contributed by atoms with van der Waals surface area (Å²) in [4.78, 5) is 32.9. The Morgan fingerprint density at radius 2 is 1.47 bits per heavy atom. The van der Waals surface area contributed by atoms with Crippen molar-refractivity contribution in [2.45, 2.75) is 12.8 Å².